The fraction of sp³-hybridized carbons (Fsp3) is 0.333. The maximum absolute atomic E-state index is 12.7. The van der Waals surface area contributed by atoms with Crippen molar-refractivity contribution in [3.8, 4) is 0 Å². The first-order chi connectivity index (χ1) is 15.6. The quantitative estimate of drug-likeness (QED) is 0.469. The number of nitrogens with one attached hydrogen (secondary N) is 1. The number of hydrogen-bond donors (Lipinski definition) is 1. The second-order valence-corrected chi connectivity index (χ2v) is 10.7. The van der Waals surface area contributed by atoms with E-state index in [0.29, 0.717) is 15.1 Å². The van der Waals surface area contributed by atoms with Crippen molar-refractivity contribution in [3.63, 3.8) is 0 Å². The molecular weight excluding hydrogens is 450 g/mol. The van der Waals surface area contributed by atoms with E-state index in [4.69, 9.17) is 11.6 Å². The number of fused-ring (bicyclic) bond motifs is 1. The summed E-state index contributed by atoms with van der Waals surface area (Å²) in [5.41, 5.74) is 7.60. The first kappa shape index (κ1) is 23.7. The van der Waals surface area contributed by atoms with Crippen LogP contribution >= 0.6 is 23.4 Å². The molecule has 0 bridgehead atoms. The number of anilines is 1. The van der Waals surface area contributed by atoms with Gasteiger partial charge >= 0.3 is 0 Å². The maximum Gasteiger partial charge on any atom is 0.264 e. The fourth-order valence-corrected chi connectivity index (χ4v) is 5.48. The summed E-state index contributed by atoms with van der Waals surface area (Å²) in [5.74, 6) is -0.128. The number of aliphatic imine (C=N–C) groups is 1. The van der Waals surface area contributed by atoms with Gasteiger partial charge in [-0.15, -0.1) is 0 Å². The third-order valence-electron chi connectivity index (χ3n) is 6.21. The van der Waals surface area contributed by atoms with Crippen LogP contribution in [0.4, 0.5) is 11.4 Å². The summed E-state index contributed by atoms with van der Waals surface area (Å²) < 4.78 is 0. The number of carbonyl (C=O) groups is 1. The number of amides is 1. The molecule has 0 radical (unpaired) electrons. The van der Waals surface area contributed by atoms with Gasteiger partial charge in [0.2, 0.25) is 0 Å². The summed E-state index contributed by atoms with van der Waals surface area (Å²) in [7, 11) is 0. The second kappa shape index (κ2) is 9.03. The molecule has 6 heteroatoms. The Morgan fingerprint density at radius 2 is 1.97 bits per heavy atom. The van der Waals surface area contributed by atoms with Gasteiger partial charge in [-0.3, -0.25) is 4.79 Å². The molecule has 33 heavy (non-hydrogen) atoms. The van der Waals surface area contributed by atoms with Gasteiger partial charge in [-0.2, -0.15) is 0 Å². The average molecular weight is 480 g/mol. The summed E-state index contributed by atoms with van der Waals surface area (Å²) in [5, 5.41) is 4.12. The van der Waals surface area contributed by atoms with Crippen LogP contribution in [-0.4, -0.2) is 23.2 Å². The standard InChI is InChI=1S/C27H30ClN3OS/c1-7-11-31-23-12-16(2)19(13-20(23)17(3)15-27(31,5)6)14-24-25(32)30-26(33-24)29-22-10-8-9-21(28)18(22)4/h8-10,12-15H,7,11H2,1-6H3,(H,29,30,32)/b24-14+. The van der Waals surface area contributed by atoms with Gasteiger partial charge in [0.15, 0.2) is 5.17 Å². The molecule has 4 nitrogen and oxygen atoms in total. The van der Waals surface area contributed by atoms with Crippen molar-refractivity contribution in [2.24, 2.45) is 4.99 Å². The van der Waals surface area contributed by atoms with Gasteiger partial charge in [-0.1, -0.05) is 30.7 Å². The molecule has 0 aromatic heterocycles. The molecule has 2 aliphatic rings. The molecule has 0 unspecified atom stereocenters. The highest BCUT2D eigenvalue weighted by molar-refractivity contribution is 8.18. The number of halogens is 1. The first-order valence-corrected chi connectivity index (χ1v) is 12.5. The number of carbonyl (C=O) groups excluding carboxylic acids is 1. The van der Waals surface area contributed by atoms with Crippen LogP contribution in [0.25, 0.3) is 11.6 Å². The number of aryl methyl sites for hydroxylation is 1. The van der Waals surface area contributed by atoms with Gasteiger partial charge in [0.25, 0.3) is 5.91 Å². The van der Waals surface area contributed by atoms with Crippen molar-refractivity contribution in [2.75, 3.05) is 11.4 Å². The molecule has 2 aromatic rings. The lowest BCUT2D eigenvalue weighted by Crippen LogP contribution is -2.45. The van der Waals surface area contributed by atoms with Gasteiger partial charge < -0.3 is 10.2 Å². The minimum atomic E-state index is -0.128. The Hall–Kier alpha value is -2.50. The highest BCUT2D eigenvalue weighted by atomic mass is 35.5. The molecule has 0 saturated carbocycles. The first-order valence-electron chi connectivity index (χ1n) is 11.3. The highest BCUT2D eigenvalue weighted by Gasteiger charge is 2.31. The van der Waals surface area contributed by atoms with Crippen molar-refractivity contribution in [1.82, 2.24) is 5.32 Å². The molecule has 0 atom stereocenters. The number of nitrogens with zero attached hydrogens (tertiary/aromatic N) is 2. The molecule has 0 spiro atoms. The molecule has 1 saturated heterocycles. The predicted molar refractivity (Wildman–Crippen MR) is 144 cm³/mol. The predicted octanol–water partition coefficient (Wildman–Crippen LogP) is 7.26. The van der Waals surface area contributed by atoms with Crippen LogP contribution in [0.2, 0.25) is 5.02 Å². The zero-order chi connectivity index (χ0) is 23.9. The van der Waals surface area contributed by atoms with Gasteiger partial charge in [0, 0.05) is 22.8 Å². The Morgan fingerprint density at radius 1 is 1.21 bits per heavy atom. The van der Waals surface area contributed by atoms with Crippen LogP contribution < -0.4 is 10.2 Å². The minimum absolute atomic E-state index is 0.0233. The Bertz CT molecular complexity index is 1230. The van der Waals surface area contributed by atoms with Crippen LogP contribution in [0.5, 0.6) is 0 Å². The summed E-state index contributed by atoms with van der Waals surface area (Å²) in [6, 6.07) is 10.1. The topological polar surface area (TPSA) is 44.7 Å². The van der Waals surface area contributed by atoms with E-state index in [2.05, 4.69) is 68.0 Å². The van der Waals surface area contributed by atoms with Crippen molar-refractivity contribution in [1.29, 1.82) is 0 Å². The van der Waals surface area contributed by atoms with Crippen LogP contribution in [0.1, 0.15) is 56.4 Å². The molecule has 4 rings (SSSR count). The zero-order valence-corrected chi connectivity index (χ0v) is 21.6. The average Bonchev–Trinajstić information content (AvgIpc) is 3.08. The van der Waals surface area contributed by atoms with E-state index in [1.807, 2.05) is 31.2 Å². The second-order valence-electron chi connectivity index (χ2n) is 9.22. The van der Waals surface area contributed by atoms with Crippen LogP contribution in [0.3, 0.4) is 0 Å². The van der Waals surface area contributed by atoms with E-state index >= 15 is 0 Å². The van der Waals surface area contributed by atoms with Crippen LogP contribution in [0, 0.1) is 13.8 Å². The molecular formula is C27H30ClN3OS. The van der Waals surface area contributed by atoms with E-state index in [1.165, 1.54) is 28.6 Å². The van der Waals surface area contributed by atoms with Crippen molar-refractivity contribution >= 4 is 57.5 Å². The normalized spacial score (nSPS) is 19.7. The largest absolute Gasteiger partial charge is 0.362 e. The molecule has 172 valence electrons. The lowest BCUT2D eigenvalue weighted by molar-refractivity contribution is -0.115. The van der Waals surface area contributed by atoms with Crippen molar-refractivity contribution in [3.05, 3.63) is 68.6 Å². The van der Waals surface area contributed by atoms with Gasteiger partial charge in [-0.05, 0) is 105 Å². The van der Waals surface area contributed by atoms with Gasteiger partial charge in [0.1, 0.15) is 0 Å². The Balaban J connectivity index is 1.69. The smallest absolute Gasteiger partial charge is 0.264 e. The molecule has 2 heterocycles. The van der Waals surface area contributed by atoms with E-state index in [1.54, 1.807) is 0 Å². The molecule has 1 fully saturated rings. The number of rotatable bonds is 4. The number of allylic oxidation sites excluding steroid dienone is 1. The number of hydrogen-bond acceptors (Lipinski definition) is 4. The zero-order valence-electron chi connectivity index (χ0n) is 20.0. The molecule has 2 aliphatic heterocycles. The van der Waals surface area contributed by atoms with Crippen molar-refractivity contribution < 1.29 is 4.79 Å². The Kier molecular flexibility index (Phi) is 6.47. The van der Waals surface area contributed by atoms with Gasteiger partial charge in [0.05, 0.1) is 16.1 Å². The summed E-state index contributed by atoms with van der Waals surface area (Å²) in [6.45, 7) is 14.0. The van der Waals surface area contributed by atoms with Crippen LogP contribution in [-0.2, 0) is 4.79 Å². The highest BCUT2D eigenvalue weighted by Crippen LogP contribution is 2.41. The molecule has 1 N–H and O–H groups in total. The van der Waals surface area contributed by atoms with Gasteiger partial charge in [-0.25, -0.2) is 4.99 Å². The molecule has 0 aliphatic carbocycles. The number of amidine groups is 1. The third-order valence-corrected chi connectivity index (χ3v) is 7.53. The Morgan fingerprint density at radius 3 is 2.70 bits per heavy atom. The minimum Gasteiger partial charge on any atom is -0.362 e. The van der Waals surface area contributed by atoms with E-state index in [-0.39, 0.29) is 11.4 Å². The van der Waals surface area contributed by atoms with E-state index in [0.717, 1.165) is 35.3 Å². The maximum atomic E-state index is 12.7. The Labute approximate surface area is 205 Å². The SMILES string of the molecule is CCCN1c2cc(C)c(/C=C3/SC(=Nc4cccc(Cl)c4C)NC3=O)cc2C(C)=CC1(C)C. The monoisotopic (exact) mass is 479 g/mol. The third kappa shape index (κ3) is 4.62. The number of benzene rings is 2. The van der Waals surface area contributed by atoms with Crippen LogP contribution in [0.15, 0.2) is 46.3 Å². The molecule has 2 aromatic carbocycles. The number of thioether (sulfide) groups is 1. The van der Waals surface area contributed by atoms with E-state index < -0.39 is 0 Å². The summed E-state index contributed by atoms with van der Waals surface area (Å²) in [6.07, 6.45) is 5.40. The summed E-state index contributed by atoms with van der Waals surface area (Å²) >= 11 is 7.58. The van der Waals surface area contributed by atoms with Crippen molar-refractivity contribution in [2.45, 2.75) is 53.5 Å². The molecule has 1 amide bonds. The van der Waals surface area contributed by atoms with E-state index in [9.17, 15) is 4.79 Å². The lowest BCUT2D eigenvalue weighted by atomic mass is 9.86. The fourth-order valence-electron chi connectivity index (χ4n) is 4.48. The lowest BCUT2D eigenvalue weighted by Gasteiger charge is -2.43. The summed E-state index contributed by atoms with van der Waals surface area (Å²) in [4.78, 5) is 20.4.